The lowest BCUT2D eigenvalue weighted by atomic mass is 9.78. The summed E-state index contributed by atoms with van der Waals surface area (Å²) in [6.07, 6.45) is 9.25. The van der Waals surface area contributed by atoms with Crippen LogP contribution in [-0.2, 0) is 17.6 Å². The second-order valence-electron chi connectivity index (χ2n) is 7.20. The molecule has 0 aliphatic heterocycles. The maximum absolute atomic E-state index is 12.6. The van der Waals surface area contributed by atoms with Crippen LogP contribution < -0.4 is 0 Å². The van der Waals surface area contributed by atoms with Gasteiger partial charge in [0.15, 0.2) is 5.78 Å². The highest BCUT2D eigenvalue weighted by Gasteiger charge is 2.23. The Morgan fingerprint density at radius 1 is 1.08 bits per heavy atom. The monoisotopic (exact) mass is 328 g/mol. The zero-order chi connectivity index (χ0) is 17.5. The molecule has 1 atom stereocenters. The lowest BCUT2D eigenvalue weighted by molar-refractivity contribution is -0.118. The third-order valence-electron chi connectivity index (χ3n) is 5.55. The van der Waals surface area contributed by atoms with E-state index in [4.69, 9.17) is 0 Å². The molecule has 1 aromatic carbocycles. The van der Waals surface area contributed by atoms with E-state index in [-0.39, 0.29) is 5.78 Å². The number of hydrogen-bond acceptors (Lipinski definition) is 2. The third kappa shape index (κ3) is 4.78. The maximum Gasteiger partial charge on any atom is 0.163 e. The van der Waals surface area contributed by atoms with Crippen molar-refractivity contribution < 1.29 is 9.59 Å². The molecule has 0 bridgehead atoms. The normalized spacial score (nSPS) is 19.0. The Balaban J connectivity index is 0.00000100. The van der Waals surface area contributed by atoms with Crippen LogP contribution in [0, 0.1) is 11.8 Å². The van der Waals surface area contributed by atoms with Crippen LogP contribution in [0.3, 0.4) is 0 Å². The largest absolute Gasteiger partial charge is 0.299 e. The Labute approximate surface area is 147 Å². The van der Waals surface area contributed by atoms with Gasteiger partial charge in [-0.05, 0) is 35.4 Å². The highest BCUT2D eigenvalue weighted by molar-refractivity contribution is 5.96. The molecule has 0 amide bonds. The smallest absolute Gasteiger partial charge is 0.163 e. The topological polar surface area (TPSA) is 34.1 Å². The molecule has 0 radical (unpaired) electrons. The Bertz CT molecular complexity index is 567. The van der Waals surface area contributed by atoms with E-state index in [2.05, 4.69) is 6.92 Å². The molecule has 2 heteroatoms. The summed E-state index contributed by atoms with van der Waals surface area (Å²) in [5.74, 6) is 1.81. The van der Waals surface area contributed by atoms with Crippen LogP contribution in [0.15, 0.2) is 18.2 Å². The first-order chi connectivity index (χ1) is 11.6. The average Bonchev–Trinajstić information content (AvgIpc) is 2.63. The summed E-state index contributed by atoms with van der Waals surface area (Å²) >= 11 is 0. The molecule has 1 fully saturated rings. The van der Waals surface area contributed by atoms with Crippen LogP contribution in [0.5, 0.6) is 0 Å². The van der Waals surface area contributed by atoms with E-state index in [1.165, 1.54) is 37.7 Å². The summed E-state index contributed by atoms with van der Waals surface area (Å²) in [5, 5.41) is 0. The lowest BCUT2D eigenvalue weighted by Gasteiger charge is -2.27. The number of aryl methyl sites for hydroxylation is 1. The van der Waals surface area contributed by atoms with Crippen molar-refractivity contribution in [3.05, 3.63) is 34.9 Å². The molecule has 3 rings (SSSR count). The predicted octanol–water partition coefficient (Wildman–Crippen LogP) is 5.56. The average molecular weight is 328 g/mol. The van der Waals surface area contributed by atoms with Gasteiger partial charge in [0.2, 0.25) is 0 Å². The van der Waals surface area contributed by atoms with Crippen LogP contribution in [-0.4, -0.2) is 11.6 Å². The number of Topliss-reactive ketones (excluding diaryl/α,β-unsaturated/α-hetero) is 2. The standard InChI is InChI=1S/C20H26O2.C2H6/c1-14(15-5-3-2-4-6-15)11-20(22)18-8-7-17-13-19(21)10-9-16(17)12-18;1-2/h7-8,12,14-15H,2-6,9-11,13H2,1H3;1-2H3/t14-;/m0./s1. The van der Waals surface area contributed by atoms with Gasteiger partial charge < -0.3 is 0 Å². The maximum atomic E-state index is 12.6. The van der Waals surface area contributed by atoms with Crippen molar-refractivity contribution in [3.8, 4) is 0 Å². The Kier molecular flexibility index (Phi) is 7.20. The van der Waals surface area contributed by atoms with E-state index in [9.17, 15) is 9.59 Å². The predicted molar refractivity (Wildman–Crippen MR) is 99.5 cm³/mol. The fraction of sp³-hybridized carbons (Fsp3) is 0.636. The van der Waals surface area contributed by atoms with Gasteiger partial charge in [-0.25, -0.2) is 0 Å². The molecule has 132 valence electrons. The van der Waals surface area contributed by atoms with E-state index in [0.717, 1.165) is 23.5 Å². The van der Waals surface area contributed by atoms with Crippen LogP contribution in [0.25, 0.3) is 0 Å². The van der Waals surface area contributed by atoms with Gasteiger partial charge in [-0.1, -0.05) is 65.0 Å². The molecular weight excluding hydrogens is 296 g/mol. The highest BCUT2D eigenvalue weighted by Crippen LogP contribution is 2.32. The van der Waals surface area contributed by atoms with Crippen molar-refractivity contribution in [1.82, 2.24) is 0 Å². The molecule has 0 aromatic heterocycles. The van der Waals surface area contributed by atoms with Crippen molar-refractivity contribution in [3.63, 3.8) is 0 Å². The SMILES string of the molecule is CC.C[C@@H](CC(=O)c1ccc2c(c1)CCC(=O)C2)C1CCCCC1. The quantitative estimate of drug-likeness (QED) is 0.678. The fourth-order valence-corrected chi connectivity index (χ4v) is 4.06. The molecule has 0 heterocycles. The first-order valence-corrected chi connectivity index (χ1v) is 9.80. The summed E-state index contributed by atoms with van der Waals surface area (Å²) in [6, 6.07) is 5.95. The third-order valence-corrected chi connectivity index (χ3v) is 5.55. The molecule has 0 N–H and O–H groups in total. The van der Waals surface area contributed by atoms with Gasteiger partial charge >= 0.3 is 0 Å². The minimum atomic E-state index is 0.276. The van der Waals surface area contributed by atoms with Gasteiger partial charge in [-0.2, -0.15) is 0 Å². The molecule has 24 heavy (non-hydrogen) atoms. The molecule has 1 aromatic rings. The van der Waals surface area contributed by atoms with Crippen molar-refractivity contribution in [2.75, 3.05) is 0 Å². The molecular formula is C22H32O2. The van der Waals surface area contributed by atoms with Gasteiger partial charge in [-0.3, -0.25) is 9.59 Å². The number of hydrogen-bond donors (Lipinski definition) is 0. The summed E-state index contributed by atoms with van der Waals surface area (Å²) in [5.41, 5.74) is 3.17. The Morgan fingerprint density at radius 2 is 1.79 bits per heavy atom. The summed E-state index contributed by atoms with van der Waals surface area (Å²) < 4.78 is 0. The lowest BCUT2D eigenvalue weighted by Crippen LogP contribution is -2.19. The van der Waals surface area contributed by atoms with Crippen molar-refractivity contribution >= 4 is 11.6 Å². The fourth-order valence-electron chi connectivity index (χ4n) is 4.06. The first-order valence-electron chi connectivity index (χ1n) is 9.80. The van der Waals surface area contributed by atoms with E-state index >= 15 is 0 Å². The first kappa shape index (κ1) is 18.9. The number of benzene rings is 1. The van der Waals surface area contributed by atoms with Crippen molar-refractivity contribution in [2.24, 2.45) is 11.8 Å². The Hall–Kier alpha value is -1.44. The molecule has 0 saturated heterocycles. The molecule has 2 aliphatic carbocycles. The second-order valence-corrected chi connectivity index (χ2v) is 7.20. The summed E-state index contributed by atoms with van der Waals surface area (Å²) in [6.45, 7) is 6.24. The van der Waals surface area contributed by atoms with Gasteiger partial charge in [0.25, 0.3) is 0 Å². The number of rotatable bonds is 4. The zero-order valence-corrected chi connectivity index (χ0v) is 15.6. The molecule has 2 nitrogen and oxygen atoms in total. The number of ketones is 2. The van der Waals surface area contributed by atoms with Gasteiger partial charge in [0, 0.05) is 24.8 Å². The molecule has 2 aliphatic rings. The number of carbonyl (C=O) groups is 2. The minimum absolute atomic E-state index is 0.276. The van der Waals surface area contributed by atoms with Gasteiger partial charge in [-0.15, -0.1) is 0 Å². The minimum Gasteiger partial charge on any atom is -0.299 e. The van der Waals surface area contributed by atoms with Crippen LogP contribution in [0.4, 0.5) is 0 Å². The van der Waals surface area contributed by atoms with Crippen molar-refractivity contribution in [1.29, 1.82) is 0 Å². The molecule has 1 saturated carbocycles. The molecule has 0 spiro atoms. The number of carbonyl (C=O) groups excluding carboxylic acids is 2. The highest BCUT2D eigenvalue weighted by atomic mass is 16.1. The van der Waals surface area contributed by atoms with Gasteiger partial charge in [0.05, 0.1) is 0 Å². The Morgan fingerprint density at radius 3 is 2.50 bits per heavy atom. The molecule has 0 unspecified atom stereocenters. The van der Waals surface area contributed by atoms with E-state index in [0.29, 0.717) is 31.0 Å². The zero-order valence-electron chi connectivity index (χ0n) is 15.6. The van der Waals surface area contributed by atoms with Crippen molar-refractivity contribution in [2.45, 2.75) is 78.6 Å². The van der Waals surface area contributed by atoms with Crippen LogP contribution in [0.1, 0.15) is 87.2 Å². The number of fused-ring (bicyclic) bond motifs is 1. The summed E-state index contributed by atoms with van der Waals surface area (Å²) in [4.78, 5) is 24.1. The van der Waals surface area contributed by atoms with Crippen LogP contribution >= 0.6 is 0 Å². The summed E-state index contributed by atoms with van der Waals surface area (Å²) in [7, 11) is 0. The van der Waals surface area contributed by atoms with E-state index in [1.54, 1.807) is 0 Å². The van der Waals surface area contributed by atoms with E-state index < -0.39 is 0 Å². The van der Waals surface area contributed by atoms with E-state index in [1.807, 2.05) is 32.0 Å². The second kappa shape index (κ2) is 9.15. The van der Waals surface area contributed by atoms with Crippen LogP contribution in [0.2, 0.25) is 0 Å². The van der Waals surface area contributed by atoms with Gasteiger partial charge in [0.1, 0.15) is 5.78 Å².